The fourth-order valence-corrected chi connectivity index (χ4v) is 3.47. The summed E-state index contributed by atoms with van der Waals surface area (Å²) in [6.07, 6.45) is 6.02. The Hall–Kier alpha value is -1.71. The van der Waals surface area contributed by atoms with Gasteiger partial charge in [0, 0.05) is 6.04 Å². The first kappa shape index (κ1) is 13.7. The molecular weight excluding hydrogens is 267 g/mol. The van der Waals surface area contributed by atoms with Crippen molar-refractivity contribution >= 4 is 10.0 Å². The molecule has 1 aliphatic carbocycles. The van der Waals surface area contributed by atoms with Gasteiger partial charge in [0.15, 0.2) is 0 Å². The summed E-state index contributed by atoms with van der Waals surface area (Å²) >= 11 is 0. The Labute approximate surface area is 111 Å². The summed E-state index contributed by atoms with van der Waals surface area (Å²) < 4.78 is 40.3. The lowest BCUT2D eigenvalue weighted by Gasteiger charge is -2.19. The van der Waals surface area contributed by atoms with Crippen LogP contribution in [0.3, 0.4) is 0 Å². The number of nitrogens with one attached hydrogen (secondary N) is 1. The molecule has 2 rings (SSSR count). The summed E-state index contributed by atoms with van der Waals surface area (Å²) in [6.45, 7) is 0. The molecule has 1 N–H and O–H groups in total. The molecule has 6 heteroatoms. The number of hydrogen-bond donors (Lipinski definition) is 1. The second-order valence-electron chi connectivity index (χ2n) is 4.33. The van der Waals surface area contributed by atoms with E-state index in [0.29, 0.717) is 12.8 Å². The van der Waals surface area contributed by atoms with Gasteiger partial charge in [-0.3, -0.25) is 0 Å². The van der Waals surface area contributed by atoms with Gasteiger partial charge in [-0.15, -0.1) is 0 Å². The number of hydrogen-bond acceptors (Lipinski definition) is 3. The third-order valence-electron chi connectivity index (χ3n) is 2.97. The van der Waals surface area contributed by atoms with Gasteiger partial charge in [-0.1, -0.05) is 18.2 Å². The highest BCUT2D eigenvalue weighted by molar-refractivity contribution is 7.89. The first-order valence-corrected chi connectivity index (χ1v) is 7.39. The van der Waals surface area contributed by atoms with Gasteiger partial charge >= 0.3 is 0 Å². The van der Waals surface area contributed by atoms with Crippen LogP contribution < -0.4 is 4.72 Å². The summed E-state index contributed by atoms with van der Waals surface area (Å²) in [6, 6.07) is 4.99. The van der Waals surface area contributed by atoms with Crippen molar-refractivity contribution < 1.29 is 12.8 Å². The maximum absolute atomic E-state index is 13.4. The van der Waals surface area contributed by atoms with Crippen LogP contribution in [0.4, 0.5) is 4.39 Å². The lowest BCUT2D eigenvalue weighted by molar-refractivity contribution is 0.521. The number of nitrogens with zero attached hydrogens (tertiary/aromatic N) is 1. The lowest BCUT2D eigenvalue weighted by Crippen LogP contribution is -2.35. The molecule has 0 fully saturated rings. The molecule has 0 aromatic heterocycles. The molecule has 0 heterocycles. The van der Waals surface area contributed by atoms with E-state index in [9.17, 15) is 12.8 Å². The van der Waals surface area contributed by atoms with Crippen LogP contribution in [0.2, 0.25) is 0 Å². The van der Waals surface area contributed by atoms with Crippen molar-refractivity contribution in [3.8, 4) is 6.07 Å². The summed E-state index contributed by atoms with van der Waals surface area (Å²) in [5.74, 6) is -0.825. The first-order chi connectivity index (χ1) is 9.04. The molecule has 0 radical (unpaired) electrons. The Balaban J connectivity index is 2.32. The molecule has 1 atom stereocenters. The van der Waals surface area contributed by atoms with Gasteiger partial charge < -0.3 is 0 Å². The summed E-state index contributed by atoms with van der Waals surface area (Å²) in [5.41, 5.74) is -0.443. The minimum atomic E-state index is -3.87. The minimum Gasteiger partial charge on any atom is -0.208 e. The average Bonchev–Trinajstić information content (AvgIpc) is 2.39. The molecule has 100 valence electrons. The van der Waals surface area contributed by atoms with Gasteiger partial charge in [0.1, 0.15) is 22.3 Å². The predicted molar refractivity (Wildman–Crippen MR) is 68.2 cm³/mol. The van der Waals surface area contributed by atoms with Crippen molar-refractivity contribution in [3.05, 3.63) is 41.7 Å². The Morgan fingerprint density at radius 3 is 2.79 bits per heavy atom. The zero-order valence-corrected chi connectivity index (χ0v) is 11.0. The molecule has 0 amide bonds. The topological polar surface area (TPSA) is 70.0 Å². The van der Waals surface area contributed by atoms with E-state index in [0.717, 1.165) is 12.5 Å². The van der Waals surface area contributed by atoms with Crippen LogP contribution in [0.15, 0.2) is 35.2 Å². The van der Waals surface area contributed by atoms with E-state index in [1.807, 2.05) is 12.2 Å². The number of rotatable bonds is 3. The molecule has 0 saturated carbocycles. The molecular formula is C13H13FN2O2S. The van der Waals surface area contributed by atoms with Gasteiger partial charge in [-0.2, -0.15) is 5.26 Å². The lowest BCUT2D eigenvalue weighted by atomic mass is 10.0. The van der Waals surface area contributed by atoms with Crippen LogP contribution >= 0.6 is 0 Å². The predicted octanol–water partition coefficient (Wildman–Crippen LogP) is 2.08. The molecule has 4 nitrogen and oxygen atoms in total. The van der Waals surface area contributed by atoms with Crippen molar-refractivity contribution in [2.45, 2.75) is 30.2 Å². The van der Waals surface area contributed by atoms with Crippen LogP contribution in [0.5, 0.6) is 0 Å². The minimum absolute atomic E-state index is 0.204. The van der Waals surface area contributed by atoms with Crippen molar-refractivity contribution in [1.82, 2.24) is 4.72 Å². The van der Waals surface area contributed by atoms with Crippen molar-refractivity contribution in [3.63, 3.8) is 0 Å². The molecule has 1 aliphatic rings. The van der Waals surface area contributed by atoms with E-state index in [-0.39, 0.29) is 10.9 Å². The molecule has 19 heavy (non-hydrogen) atoms. The second kappa shape index (κ2) is 5.51. The van der Waals surface area contributed by atoms with E-state index >= 15 is 0 Å². The molecule has 0 aliphatic heterocycles. The first-order valence-electron chi connectivity index (χ1n) is 5.90. The monoisotopic (exact) mass is 280 g/mol. The fourth-order valence-electron chi connectivity index (χ4n) is 2.02. The van der Waals surface area contributed by atoms with Crippen LogP contribution in [0.1, 0.15) is 24.8 Å². The number of sulfonamides is 1. The highest BCUT2D eigenvalue weighted by atomic mass is 32.2. The van der Waals surface area contributed by atoms with Crippen LogP contribution in [-0.2, 0) is 10.0 Å². The second-order valence-corrected chi connectivity index (χ2v) is 6.01. The van der Waals surface area contributed by atoms with Crippen molar-refractivity contribution in [1.29, 1.82) is 5.26 Å². The maximum atomic E-state index is 13.4. The molecule has 0 bridgehead atoms. The normalized spacial score (nSPS) is 19.1. The maximum Gasteiger partial charge on any atom is 0.242 e. The largest absolute Gasteiger partial charge is 0.242 e. The SMILES string of the molecule is N#Cc1c(F)cccc1S(=O)(=O)NC1CC=CCC1. The molecule has 1 aromatic rings. The Kier molecular flexibility index (Phi) is 3.98. The van der Waals surface area contributed by atoms with E-state index in [2.05, 4.69) is 4.72 Å². The highest BCUT2D eigenvalue weighted by Gasteiger charge is 2.24. The molecule has 1 aromatic carbocycles. The third kappa shape index (κ3) is 3.00. The highest BCUT2D eigenvalue weighted by Crippen LogP contribution is 2.20. The number of allylic oxidation sites excluding steroid dienone is 1. The Morgan fingerprint density at radius 1 is 1.37 bits per heavy atom. The van der Waals surface area contributed by atoms with Gasteiger partial charge in [0.2, 0.25) is 10.0 Å². The zero-order chi connectivity index (χ0) is 13.9. The number of benzene rings is 1. The third-order valence-corrected chi connectivity index (χ3v) is 4.53. The standard InChI is InChI=1S/C13H13FN2O2S/c14-12-7-4-8-13(11(12)9-15)19(17,18)16-10-5-2-1-3-6-10/h1-2,4,7-8,10,16H,3,5-6H2. The fraction of sp³-hybridized carbons (Fsp3) is 0.308. The summed E-state index contributed by atoms with van der Waals surface area (Å²) in [7, 11) is -3.87. The van der Waals surface area contributed by atoms with Crippen molar-refractivity contribution in [2.24, 2.45) is 0 Å². The van der Waals surface area contributed by atoms with Crippen LogP contribution in [-0.4, -0.2) is 14.5 Å². The summed E-state index contributed by atoms with van der Waals surface area (Å²) in [4.78, 5) is -0.301. The molecule has 1 unspecified atom stereocenters. The quantitative estimate of drug-likeness (QED) is 0.862. The summed E-state index contributed by atoms with van der Waals surface area (Å²) in [5, 5.41) is 8.88. The Bertz CT molecular complexity index is 647. The van der Waals surface area contributed by atoms with E-state index < -0.39 is 21.4 Å². The van der Waals surface area contributed by atoms with Crippen LogP contribution in [0.25, 0.3) is 0 Å². The molecule has 0 saturated heterocycles. The van der Waals surface area contributed by atoms with Crippen LogP contribution in [0, 0.1) is 17.1 Å². The van der Waals surface area contributed by atoms with Gasteiger partial charge in [0.05, 0.1) is 0 Å². The van der Waals surface area contributed by atoms with E-state index in [4.69, 9.17) is 5.26 Å². The molecule has 0 spiro atoms. The van der Waals surface area contributed by atoms with Gasteiger partial charge in [0.25, 0.3) is 0 Å². The smallest absolute Gasteiger partial charge is 0.208 e. The number of nitriles is 1. The van der Waals surface area contributed by atoms with E-state index in [1.54, 1.807) is 6.07 Å². The zero-order valence-electron chi connectivity index (χ0n) is 10.1. The Morgan fingerprint density at radius 2 is 2.16 bits per heavy atom. The van der Waals surface area contributed by atoms with E-state index in [1.165, 1.54) is 12.1 Å². The van der Waals surface area contributed by atoms with Gasteiger partial charge in [-0.25, -0.2) is 17.5 Å². The van der Waals surface area contributed by atoms with Gasteiger partial charge in [-0.05, 0) is 31.4 Å². The number of halogens is 1. The van der Waals surface area contributed by atoms with Crippen molar-refractivity contribution in [2.75, 3.05) is 0 Å². The average molecular weight is 280 g/mol.